The molecule has 640 valence electrons. The summed E-state index contributed by atoms with van der Waals surface area (Å²) in [5.41, 5.74) is 7.20. The summed E-state index contributed by atoms with van der Waals surface area (Å²) in [5, 5.41) is 77.5. The van der Waals surface area contributed by atoms with Crippen LogP contribution in [-0.4, -0.2) is 318 Å². The van der Waals surface area contributed by atoms with E-state index in [0.717, 1.165) is 46.0 Å². The number of aromatic nitrogens is 2. The number of amides is 7. The van der Waals surface area contributed by atoms with Crippen LogP contribution in [0.1, 0.15) is 119 Å². The van der Waals surface area contributed by atoms with E-state index >= 15 is 0 Å². The minimum Gasteiger partial charge on any atom is -0.548 e. The molecule has 7 amide bonds. The number of aromatic amines is 2. The summed E-state index contributed by atoms with van der Waals surface area (Å²) < 4.78 is 39.1. The molecule has 0 aliphatic carbocycles. The monoisotopic (exact) mass is 1610 g/mol. The molecular weight excluding hydrogens is 1490 g/mol. The fraction of sp³-hybridized carbons (Fsp3) is 0.622. The van der Waals surface area contributed by atoms with Crippen LogP contribution in [0.2, 0.25) is 0 Å². The van der Waals surface area contributed by atoms with E-state index in [-0.39, 0.29) is 176 Å². The van der Waals surface area contributed by atoms with Gasteiger partial charge >= 0.3 is 17.9 Å². The third-order valence-electron chi connectivity index (χ3n) is 15.3. The summed E-state index contributed by atoms with van der Waals surface area (Å²) in [6, 6.07) is 16.2. The molecule has 3 saturated heterocycles. The lowest BCUT2D eigenvalue weighted by atomic mass is 10.1. The second kappa shape index (κ2) is 62.5. The van der Waals surface area contributed by atoms with Gasteiger partial charge in [0.15, 0.2) is 0 Å². The van der Waals surface area contributed by atoms with E-state index < -0.39 is 83.3 Å². The Morgan fingerprint density at radius 1 is 0.460 bits per heavy atom. The summed E-state index contributed by atoms with van der Waals surface area (Å²) in [4.78, 5) is 151. The molecule has 0 spiro atoms. The van der Waals surface area contributed by atoms with Gasteiger partial charge in [-0.25, -0.2) is 14.4 Å². The average Bonchev–Trinajstić information content (AvgIpc) is 1.70. The largest absolute Gasteiger partial charge is 0.548 e. The van der Waals surface area contributed by atoms with Crippen LogP contribution in [0.15, 0.2) is 60.9 Å². The van der Waals surface area contributed by atoms with Crippen molar-refractivity contribution in [1.82, 2.24) is 40.3 Å². The number of hydrogen-bond donors (Lipinski definition) is 10. The summed E-state index contributed by atoms with van der Waals surface area (Å²) in [6.07, 6.45) is 4.58. The van der Waals surface area contributed by atoms with E-state index in [1.54, 1.807) is 6.20 Å². The fourth-order valence-electron chi connectivity index (χ4n) is 10.2. The Hall–Kier alpha value is -8.88. The van der Waals surface area contributed by atoms with Crippen molar-refractivity contribution >= 4 is 93.0 Å². The van der Waals surface area contributed by atoms with Crippen molar-refractivity contribution in [2.24, 2.45) is 0 Å². The molecule has 4 aromatic rings. The SMILES string of the molecule is CCN(C(C)C)C(C)C.CCN(C(C)C)C(C)C.O=C(COCCOCCO)NC(Cc1c[nH]c2ccccc12)C(=O)[O-].O=C(COCCOCCO)ON1C(=O)CCC1=O.O=C(COCCOCCO)ON1C(=O)CCC1=O.O=C(O)COCCOCCO.O=C1CCC(=O)N1O.[NH3+]C(Cc1c[nH]c2ccccc12)C(=O)[O-]. The van der Waals surface area contributed by atoms with Crippen molar-refractivity contribution in [3.05, 3.63) is 72.1 Å². The number of nitrogens with one attached hydrogen (secondary N) is 3. The molecule has 3 fully saturated rings. The third kappa shape index (κ3) is 46.8. The lowest BCUT2D eigenvalue weighted by Gasteiger charge is -2.28. The van der Waals surface area contributed by atoms with Crippen molar-refractivity contribution in [2.45, 2.75) is 157 Å². The van der Waals surface area contributed by atoms with E-state index in [1.807, 2.05) is 54.7 Å². The second-order valence-corrected chi connectivity index (χ2v) is 25.3. The van der Waals surface area contributed by atoms with Gasteiger partial charge in [0.05, 0.1) is 124 Å². The first-order valence-corrected chi connectivity index (χ1v) is 36.9. The van der Waals surface area contributed by atoms with Gasteiger partial charge in [0, 0.05) is 110 Å². The van der Waals surface area contributed by atoms with Crippen molar-refractivity contribution in [2.75, 3.05) is 145 Å². The van der Waals surface area contributed by atoms with Gasteiger partial charge in [-0.3, -0.25) is 48.6 Å². The van der Waals surface area contributed by atoms with E-state index in [9.17, 15) is 67.7 Å². The number of rotatable bonds is 43. The van der Waals surface area contributed by atoms with Crippen LogP contribution in [0.25, 0.3) is 21.8 Å². The molecular formula is C74H118N9O30-. The number of aliphatic hydroxyl groups is 4. The number of para-hydroxylation sites is 2. The maximum Gasteiger partial charge on any atom is 0.358 e. The summed E-state index contributed by atoms with van der Waals surface area (Å²) in [7, 11) is 0. The zero-order valence-corrected chi connectivity index (χ0v) is 66.4. The Morgan fingerprint density at radius 2 is 0.770 bits per heavy atom. The Bertz CT molecular complexity index is 3260. The number of quaternary nitrogens is 1. The number of aliphatic carboxylic acids is 3. The topological polar surface area (TPSA) is 552 Å². The molecule has 0 saturated carbocycles. The number of carbonyl (C=O) groups excluding carboxylic acids is 11. The van der Waals surface area contributed by atoms with Gasteiger partial charge in [0.25, 0.3) is 35.4 Å². The number of aliphatic hydroxyl groups excluding tert-OH is 4. The molecule has 113 heavy (non-hydrogen) atoms. The Kier molecular flexibility index (Phi) is 57.6. The maximum absolute atomic E-state index is 11.8. The fourth-order valence-corrected chi connectivity index (χ4v) is 10.2. The zero-order chi connectivity index (χ0) is 85.2. The highest BCUT2D eigenvalue weighted by atomic mass is 16.7. The molecule has 2 atom stereocenters. The number of carboxylic acid groups (broad SMARTS) is 3. The first-order valence-electron chi connectivity index (χ1n) is 36.9. The predicted octanol–water partition coefficient (Wildman–Crippen LogP) is -1.85. The molecule has 2 aromatic carbocycles. The lowest BCUT2D eigenvalue weighted by molar-refractivity contribution is -0.436. The van der Waals surface area contributed by atoms with Crippen LogP contribution in [0.3, 0.4) is 0 Å². The normalized spacial score (nSPS) is 13.6. The number of carbonyl (C=O) groups is 12. The number of H-pyrrole nitrogens is 2. The maximum atomic E-state index is 11.8. The molecule has 39 heteroatoms. The summed E-state index contributed by atoms with van der Waals surface area (Å²) >= 11 is 0. The number of ether oxygens (including phenoxy) is 8. The van der Waals surface area contributed by atoms with E-state index in [4.69, 9.17) is 63.9 Å². The zero-order valence-electron chi connectivity index (χ0n) is 66.4. The van der Waals surface area contributed by atoms with Crippen molar-refractivity contribution < 1.29 is 152 Å². The molecule has 3 aliphatic rings. The number of hydroxylamine groups is 6. The highest BCUT2D eigenvalue weighted by molar-refractivity contribution is 6.02. The van der Waals surface area contributed by atoms with Gasteiger partial charge in [-0.05, 0) is 91.7 Å². The first kappa shape index (κ1) is 104. The highest BCUT2D eigenvalue weighted by Crippen LogP contribution is 2.21. The molecule has 2 unspecified atom stereocenters. The highest BCUT2D eigenvalue weighted by Gasteiger charge is 2.34. The van der Waals surface area contributed by atoms with Crippen molar-refractivity contribution in [3.63, 3.8) is 0 Å². The third-order valence-corrected chi connectivity index (χ3v) is 15.3. The molecule has 3 aliphatic heterocycles. The molecule has 0 bridgehead atoms. The number of benzene rings is 2. The van der Waals surface area contributed by atoms with Gasteiger partial charge in [-0.1, -0.05) is 50.2 Å². The van der Waals surface area contributed by atoms with Crippen LogP contribution in [0.4, 0.5) is 0 Å². The van der Waals surface area contributed by atoms with Crippen LogP contribution in [0, 0.1) is 0 Å². The number of nitrogens with zero attached hydrogens (tertiary/aromatic N) is 5. The van der Waals surface area contributed by atoms with Crippen LogP contribution in [0.5, 0.6) is 0 Å². The Morgan fingerprint density at radius 3 is 1.05 bits per heavy atom. The van der Waals surface area contributed by atoms with Gasteiger partial charge in [0.2, 0.25) is 5.91 Å². The summed E-state index contributed by atoms with van der Waals surface area (Å²) in [6.45, 7) is 25.6. The molecule has 0 radical (unpaired) electrons. The first-order chi connectivity index (χ1) is 53.8. The lowest BCUT2D eigenvalue weighted by Crippen LogP contribution is -2.69. The van der Waals surface area contributed by atoms with E-state index in [0.29, 0.717) is 47.3 Å². The van der Waals surface area contributed by atoms with E-state index in [1.165, 1.54) is 0 Å². The van der Waals surface area contributed by atoms with Crippen LogP contribution >= 0.6 is 0 Å². The molecule has 5 heterocycles. The molecule has 12 N–H and O–H groups in total. The number of imide groups is 3. The average molecular weight is 1610 g/mol. The summed E-state index contributed by atoms with van der Waals surface area (Å²) in [5.74, 6) is -8.77. The Labute approximate surface area is 656 Å². The smallest absolute Gasteiger partial charge is 0.358 e. The minimum atomic E-state index is -1.36. The standard InChI is InChI=1S/C17H22N2O6.C11H12N2O2.2C10H15NO7.2C8H19N.C6H12O5.C4H5NO3/c20-5-6-24-7-8-25-11-16(21)19-15(17(22)23)9-12-10-18-14-4-2-1-3-13(12)14;12-9(11(14)15)5-7-6-13-10-4-2-1-3-8(7)10;2*12-3-4-16-5-6-17-7-10(15)18-11-8(13)1-2-9(11)14;2*1-6-9(7(2)3)8(4)5;7-1-2-10-3-4-11-5-6(8)9;6-3-1-2-4(7)5(3)8/h1-4,10,15,18,20H,5-9,11H2,(H,19,21)(H,22,23);1-4,6,9,13H,5,12H2,(H,14,15);2*12H,1-7H2;2*7-8H,6H2,1-5H3;7H,1-5H2,(H,8,9);8H,1-2H2/p-1. The van der Waals surface area contributed by atoms with Crippen LogP contribution in [-0.2, 0) is 118 Å². The number of hydrogen-bond acceptors (Lipinski definition) is 31. The molecule has 7 rings (SSSR count). The Balaban J connectivity index is 0.00000131. The number of carboxylic acids is 3. The van der Waals surface area contributed by atoms with E-state index in [2.05, 4.69) is 114 Å². The van der Waals surface area contributed by atoms with Crippen molar-refractivity contribution in [1.29, 1.82) is 0 Å². The van der Waals surface area contributed by atoms with Crippen molar-refractivity contribution in [3.8, 4) is 0 Å². The minimum absolute atomic E-state index is 0.0288. The van der Waals surface area contributed by atoms with Gasteiger partial charge in [-0.15, -0.1) is 10.1 Å². The van der Waals surface area contributed by atoms with Gasteiger partial charge in [-0.2, -0.15) is 5.06 Å². The van der Waals surface area contributed by atoms with Gasteiger partial charge in [0.1, 0.15) is 32.5 Å². The number of fused-ring (bicyclic) bond motifs is 2. The van der Waals surface area contributed by atoms with Crippen LogP contribution < -0.4 is 21.3 Å². The van der Waals surface area contributed by atoms with Gasteiger partial charge < -0.3 is 114 Å². The predicted molar refractivity (Wildman–Crippen MR) is 398 cm³/mol. The second-order valence-electron chi connectivity index (χ2n) is 25.3. The molecule has 2 aromatic heterocycles. The molecule has 39 nitrogen and oxygen atoms in total. The quantitative estimate of drug-likeness (QED) is 0.0132.